The zero-order valence-electron chi connectivity index (χ0n) is 16.4. The van der Waals surface area contributed by atoms with Gasteiger partial charge < -0.3 is 30.1 Å². The van der Waals surface area contributed by atoms with Crippen LogP contribution in [0, 0.1) is 10.1 Å². The second-order valence-electron chi connectivity index (χ2n) is 8.06. The van der Waals surface area contributed by atoms with Crippen LogP contribution in [0.2, 0.25) is 5.28 Å². The van der Waals surface area contributed by atoms with Crippen molar-refractivity contribution in [2.24, 2.45) is 0 Å². The standard InChI is InChI=1S/C17H27ClN6O5/c1-17(27,12-23-10-14(24(28)29)19-15(23)18)11-20-4-2-13(3-5-20)21-6-8-22(9-7-21)16(25)26/h10,13,27H,2-9,11-12H2,1H3,(H,25,26)/t17-/m0/s1. The predicted molar refractivity (Wildman–Crippen MR) is 105 cm³/mol. The lowest BCUT2D eigenvalue weighted by molar-refractivity contribution is -0.389. The molecule has 3 heterocycles. The van der Waals surface area contributed by atoms with Gasteiger partial charge in [-0.2, -0.15) is 0 Å². The van der Waals surface area contributed by atoms with Crippen LogP contribution in [0.3, 0.4) is 0 Å². The summed E-state index contributed by atoms with van der Waals surface area (Å²) in [6.45, 7) is 6.49. The normalized spacial score (nSPS) is 21.8. The van der Waals surface area contributed by atoms with Crippen molar-refractivity contribution in [2.75, 3.05) is 45.8 Å². The minimum Gasteiger partial charge on any atom is -0.465 e. The molecule has 1 aromatic rings. The summed E-state index contributed by atoms with van der Waals surface area (Å²) in [7, 11) is 0. The highest BCUT2D eigenvalue weighted by molar-refractivity contribution is 6.28. The maximum atomic E-state index is 11.0. The van der Waals surface area contributed by atoms with Crippen LogP contribution in [0.15, 0.2) is 6.20 Å². The predicted octanol–water partition coefficient (Wildman–Crippen LogP) is 0.956. The number of likely N-dealkylation sites (tertiary alicyclic amines) is 1. The van der Waals surface area contributed by atoms with Gasteiger partial charge in [-0.1, -0.05) is 0 Å². The van der Waals surface area contributed by atoms with Crippen molar-refractivity contribution in [3.8, 4) is 0 Å². The second-order valence-corrected chi connectivity index (χ2v) is 8.40. The van der Waals surface area contributed by atoms with Crippen LogP contribution in [0.5, 0.6) is 0 Å². The van der Waals surface area contributed by atoms with Gasteiger partial charge >= 0.3 is 17.2 Å². The Hall–Kier alpha value is -1.95. The molecule has 2 saturated heterocycles. The Labute approximate surface area is 173 Å². The number of amides is 1. The number of aliphatic hydroxyl groups is 1. The first kappa shape index (κ1) is 21.8. The van der Waals surface area contributed by atoms with E-state index in [1.165, 1.54) is 15.7 Å². The van der Waals surface area contributed by atoms with Crippen molar-refractivity contribution in [3.63, 3.8) is 0 Å². The van der Waals surface area contributed by atoms with E-state index >= 15 is 0 Å². The minimum absolute atomic E-state index is 0.0174. The fraction of sp³-hybridized carbons (Fsp3) is 0.765. The maximum absolute atomic E-state index is 11.0. The smallest absolute Gasteiger partial charge is 0.407 e. The number of carbonyl (C=O) groups is 1. The minimum atomic E-state index is -1.11. The van der Waals surface area contributed by atoms with Crippen molar-refractivity contribution < 1.29 is 19.9 Å². The first-order chi connectivity index (χ1) is 13.6. The molecule has 162 valence electrons. The summed E-state index contributed by atoms with van der Waals surface area (Å²) in [6.07, 6.45) is 2.30. The highest BCUT2D eigenvalue weighted by Gasteiger charge is 2.32. The number of piperazine rings is 1. The monoisotopic (exact) mass is 430 g/mol. The molecule has 3 rings (SSSR count). The Morgan fingerprint density at radius 1 is 1.28 bits per heavy atom. The fourth-order valence-corrected chi connectivity index (χ4v) is 4.39. The lowest BCUT2D eigenvalue weighted by Gasteiger charge is -2.43. The molecule has 1 atom stereocenters. The zero-order valence-corrected chi connectivity index (χ0v) is 17.2. The second kappa shape index (κ2) is 8.82. The van der Waals surface area contributed by atoms with Gasteiger partial charge in [-0.05, 0) is 54.4 Å². The molecule has 2 fully saturated rings. The summed E-state index contributed by atoms with van der Waals surface area (Å²) < 4.78 is 1.40. The number of nitro groups is 1. The molecular weight excluding hydrogens is 404 g/mol. The molecule has 0 aromatic carbocycles. The molecule has 1 amide bonds. The molecule has 0 aliphatic carbocycles. The van der Waals surface area contributed by atoms with Crippen LogP contribution in [-0.2, 0) is 6.54 Å². The van der Waals surface area contributed by atoms with Crippen molar-refractivity contribution >= 4 is 23.5 Å². The number of imidazole rings is 1. The van der Waals surface area contributed by atoms with E-state index in [-0.39, 0.29) is 17.6 Å². The third kappa shape index (κ3) is 5.56. The quantitative estimate of drug-likeness (QED) is 0.504. The molecule has 2 aliphatic rings. The van der Waals surface area contributed by atoms with Gasteiger partial charge in [0.2, 0.25) is 0 Å². The van der Waals surface area contributed by atoms with Crippen LogP contribution in [0.25, 0.3) is 0 Å². The molecule has 29 heavy (non-hydrogen) atoms. The van der Waals surface area contributed by atoms with Crippen LogP contribution in [-0.4, -0.2) is 103 Å². The van der Waals surface area contributed by atoms with Gasteiger partial charge in [-0.25, -0.2) is 4.79 Å². The molecule has 0 saturated carbocycles. The van der Waals surface area contributed by atoms with Gasteiger partial charge in [0.05, 0.1) is 12.1 Å². The summed E-state index contributed by atoms with van der Waals surface area (Å²) in [5, 5.41) is 30.7. The van der Waals surface area contributed by atoms with E-state index in [0.717, 1.165) is 39.0 Å². The summed E-state index contributed by atoms with van der Waals surface area (Å²) >= 11 is 5.95. The van der Waals surface area contributed by atoms with Gasteiger partial charge in [0.25, 0.3) is 0 Å². The van der Waals surface area contributed by atoms with Crippen molar-refractivity contribution in [1.29, 1.82) is 0 Å². The fourth-order valence-electron chi connectivity index (χ4n) is 4.20. The van der Waals surface area contributed by atoms with E-state index in [9.17, 15) is 20.0 Å². The number of rotatable bonds is 6. The highest BCUT2D eigenvalue weighted by Crippen LogP contribution is 2.23. The third-order valence-corrected chi connectivity index (χ3v) is 5.94. The Balaban J connectivity index is 1.47. The van der Waals surface area contributed by atoms with Gasteiger partial charge in [0.1, 0.15) is 6.20 Å². The number of carboxylic acid groups (broad SMARTS) is 1. The van der Waals surface area contributed by atoms with Crippen molar-refractivity contribution in [3.05, 3.63) is 21.6 Å². The molecule has 0 spiro atoms. The van der Waals surface area contributed by atoms with E-state index in [1.807, 2.05) is 0 Å². The molecular formula is C17H27ClN6O5. The molecule has 12 heteroatoms. The molecule has 0 bridgehead atoms. The van der Waals surface area contributed by atoms with Crippen LogP contribution in [0.1, 0.15) is 19.8 Å². The Kier molecular flexibility index (Phi) is 6.62. The van der Waals surface area contributed by atoms with E-state index in [0.29, 0.717) is 25.7 Å². The lowest BCUT2D eigenvalue weighted by atomic mass is 9.99. The summed E-state index contributed by atoms with van der Waals surface area (Å²) in [4.78, 5) is 30.9. The number of nitrogens with zero attached hydrogens (tertiary/aromatic N) is 6. The molecule has 11 nitrogen and oxygen atoms in total. The van der Waals surface area contributed by atoms with Crippen LogP contribution in [0.4, 0.5) is 10.6 Å². The van der Waals surface area contributed by atoms with Crippen molar-refractivity contribution in [1.82, 2.24) is 24.3 Å². The summed E-state index contributed by atoms with van der Waals surface area (Å²) in [5.41, 5.74) is -1.11. The van der Waals surface area contributed by atoms with Gasteiger partial charge in [0.15, 0.2) is 0 Å². The van der Waals surface area contributed by atoms with E-state index in [1.54, 1.807) is 6.92 Å². The van der Waals surface area contributed by atoms with E-state index in [2.05, 4.69) is 14.8 Å². The third-order valence-electron chi connectivity index (χ3n) is 5.64. The number of hydrogen-bond acceptors (Lipinski definition) is 7. The van der Waals surface area contributed by atoms with Gasteiger partial charge in [-0.3, -0.25) is 9.47 Å². The number of aromatic nitrogens is 2. The number of hydrogen-bond donors (Lipinski definition) is 2. The van der Waals surface area contributed by atoms with E-state index in [4.69, 9.17) is 16.7 Å². The number of β-amino-alcohol motifs (C(OH)–C–C–N with tert-alkyl or cyclic N) is 1. The first-order valence-electron chi connectivity index (χ1n) is 9.68. The van der Waals surface area contributed by atoms with Crippen LogP contribution >= 0.6 is 11.6 Å². The molecule has 2 aliphatic heterocycles. The Bertz CT molecular complexity index is 741. The SMILES string of the molecule is C[C@](O)(CN1CCC(N2CCN(C(=O)O)CC2)CC1)Cn1cc([N+](=O)[O-])nc1Cl. The summed E-state index contributed by atoms with van der Waals surface area (Å²) in [5.74, 6) is -0.338. The average molecular weight is 431 g/mol. The zero-order chi connectivity index (χ0) is 21.2. The average Bonchev–Trinajstić information content (AvgIpc) is 3.02. The number of piperidine rings is 1. The lowest BCUT2D eigenvalue weighted by Crippen LogP contribution is -2.55. The largest absolute Gasteiger partial charge is 0.465 e. The van der Waals surface area contributed by atoms with Gasteiger partial charge in [0, 0.05) is 38.8 Å². The van der Waals surface area contributed by atoms with Gasteiger partial charge in [-0.15, -0.1) is 0 Å². The summed E-state index contributed by atoms with van der Waals surface area (Å²) in [6, 6.07) is 0.429. The first-order valence-corrected chi connectivity index (χ1v) is 10.1. The highest BCUT2D eigenvalue weighted by atomic mass is 35.5. The molecule has 0 radical (unpaired) electrons. The molecule has 2 N–H and O–H groups in total. The Morgan fingerprint density at radius 3 is 2.41 bits per heavy atom. The maximum Gasteiger partial charge on any atom is 0.407 e. The topological polar surface area (TPSA) is 128 Å². The Morgan fingerprint density at radius 2 is 1.90 bits per heavy atom. The van der Waals surface area contributed by atoms with Crippen molar-refractivity contribution in [2.45, 2.75) is 38.0 Å². The molecule has 1 aromatic heterocycles. The van der Waals surface area contributed by atoms with Crippen LogP contribution < -0.4 is 0 Å². The number of halogens is 1. The van der Waals surface area contributed by atoms with E-state index < -0.39 is 16.6 Å². The molecule has 0 unspecified atom stereocenters.